The first-order chi connectivity index (χ1) is 19.4. The van der Waals surface area contributed by atoms with Crippen LogP contribution in [0.4, 0.5) is 5.69 Å². The van der Waals surface area contributed by atoms with E-state index in [1.807, 2.05) is 24.3 Å². The number of phenolic OH excluding ortho intramolecular Hbond substituents is 1. The first-order valence-corrected chi connectivity index (χ1v) is 13.1. The van der Waals surface area contributed by atoms with E-state index in [-0.39, 0.29) is 37.2 Å². The number of carbonyl (C=O) groups is 5. The van der Waals surface area contributed by atoms with Crippen molar-refractivity contribution in [2.24, 2.45) is 23.3 Å². The zero-order chi connectivity index (χ0) is 29.8. The molecule has 2 aromatic rings. The van der Waals surface area contributed by atoms with Crippen LogP contribution in [-0.4, -0.2) is 57.6 Å². The lowest BCUT2D eigenvalue weighted by Crippen LogP contribution is -2.46. The average Bonchev–Trinajstić information content (AvgIpc) is 3.62. The first-order valence-electron chi connectivity index (χ1n) is 13.1. The number of amides is 3. The molecule has 3 amide bonds. The molecule has 216 valence electrons. The maximum Gasteiger partial charge on any atom is 0.310 e. The Morgan fingerprint density at radius 1 is 1.02 bits per heavy atom. The number of epoxide rings is 1. The van der Waals surface area contributed by atoms with Gasteiger partial charge >= 0.3 is 5.69 Å². The van der Waals surface area contributed by atoms with Crippen molar-refractivity contribution < 1.29 is 38.7 Å². The third-order valence-electron chi connectivity index (χ3n) is 7.50. The lowest BCUT2D eigenvalue weighted by molar-refractivity contribution is -0.385. The molecule has 1 heterocycles. The van der Waals surface area contributed by atoms with Crippen molar-refractivity contribution in [2.45, 2.75) is 56.8 Å². The van der Waals surface area contributed by atoms with E-state index >= 15 is 0 Å². The number of aromatic hydroxyl groups is 1. The van der Waals surface area contributed by atoms with Gasteiger partial charge in [-0.3, -0.25) is 34.1 Å². The molecule has 13 nitrogen and oxygen atoms in total. The van der Waals surface area contributed by atoms with Gasteiger partial charge in [0.25, 0.3) is 5.91 Å². The number of nitrogens with one attached hydrogen (secondary N) is 1. The summed E-state index contributed by atoms with van der Waals surface area (Å²) in [5, 5.41) is 23.7. The number of ketones is 2. The van der Waals surface area contributed by atoms with Crippen LogP contribution in [0.3, 0.4) is 0 Å². The quantitative estimate of drug-likeness (QED) is 0.141. The van der Waals surface area contributed by atoms with Crippen molar-refractivity contribution in [3.8, 4) is 5.75 Å². The van der Waals surface area contributed by atoms with Gasteiger partial charge in [-0.25, -0.2) is 0 Å². The second-order valence-electron chi connectivity index (χ2n) is 10.4. The molecular formula is C28H30N4O9. The van der Waals surface area contributed by atoms with Gasteiger partial charge in [0.05, 0.1) is 11.0 Å². The average molecular weight is 567 g/mol. The number of carbonyl (C=O) groups excluding carboxylic acids is 5. The number of primary amides is 2. The van der Waals surface area contributed by atoms with Gasteiger partial charge in [0, 0.05) is 31.2 Å². The predicted molar refractivity (Wildman–Crippen MR) is 142 cm³/mol. The number of nitro groups is 1. The van der Waals surface area contributed by atoms with Gasteiger partial charge in [0.15, 0.2) is 29.5 Å². The van der Waals surface area contributed by atoms with E-state index in [0.29, 0.717) is 12.8 Å². The smallest absolute Gasteiger partial charge is 0.310 e. The summed E-state index contributed by atoms with van der Waals surface area (Å²) in [6.07, 6.45) is -2.04. The molecule has 6 N–H and O–H groups in total. The van der Waals surface area contributed by atoms with Crippen molar-refractivity contribution in [2.75, 3.05) is 0 Å². The lowest BCUT2D eigenvalue weighted by Gasteiger charge is -2.23. The standard InChI is InChI=1S/C28H30N4O9/c29-24(36)8-7-22(34)25-26(41-25)28(38)31-19(9-14-5-6-21(33)20(10-14)32(39)40)23(35)13-18(27(30)37)17-11-15-3-1-2-4-16(15)12-17/h1-6,10,17-19,25-26,33H,7-9,11-13H2,(H2,29,36)(H2,30,37)(H,31,38)/t18-,19-,25-,26?/m1/s1. The van der Waals surface area contributed by atoms with Crippen molar-refractivity contribution in [1.82, 2.24) is 5.32 Å². The van der Waals surface area contributed by atoms with Gasteiger partial charge < -0.3 is 26.6 Å². The third-order valence-corrected chi connectivity index (χ3v) is 7.50. The summed E-state index contributed by atoms with van der Waals surface area (Å²) in [4.78, 5) is 72.7. The second-order valence-corrected chi connectivity index (χ2v) is 10.4. The minimum Gasteiger partial charge on any atom is -0.502 e. The highest BCUT2D eigenvalue weighted by atomic mass is 16.6. The summed E-state index contributed by atoms with van der Waals surface area (Å²) >= 11 is 0. The van der Waals surface area contributed by atoms with Crippen LogP contribution in [0.1, 0.15) is 36.0 Å². The van der Waals surface area contributed by atoms with Crippen LogP contribution in [-0.2, 0) is 48.0 Å². The summed E-state index contributed by atoms with van der Waals surface area (Å²) in [5.41, 5.74) is 12.6. The summed E-state index contributed by atoms with van der Waals surface area (Å²) in [6.45, 7) is 0. The maximum absolute atomic E-state index is 13.6. The van der Waals surface area contributed by atoms with Crippen LogP contribution >= 0.6 is 0 Å². The van der Waals surface area contributed by atoms with Crippen molar-refractivity contribution in [3.05, 3.63) is 69.3 Å². The molecule has 2 aromatic carbocycles. The number of Topliss-reactive ketones (excluding diaryl/α,β-unsaturated/α-hetero) is 2. The zero-order valence-corrected chi connectivity index (χ0v) is 22.0. The van der Waals surface area contributed by atoms with Crippen LogP contribution in [0.25, 0.3) is 0 Å². The van der Waals surface area contributed by atoms with E-state index in [0.717, 1.165) is 23.3 Å². The molecule has 0 spiro atoms. The Bertz CT molecular complexity index is 1380. The van der Waals surface area contributed by atoms with Gasteiger partial charge in [-0.1, -0.05) is 30.3 Å². The number of hydrogen-bond acceptors (Lipinski definition) is 9. The highest BCUT2D eigenvalue weighted by Crippen LogP contribution is 2.34. The summed E-state index contributed by atoms with van der Waals surface area (Å²) in [6, 6.07) is 10.0. The van der Waals surface area contributed by atoms with Crippen LogP contribution in [0.5, 0.6) is 5.75 Å². The number of fused-ring (bicyclic) bond motifs is 1. The largest absolute Gasteiger partial charge is 0.502 e. The van der Waals surface area contributed by atoms with Crippen LogP contribution in [0, 0.1) is 22.0 Å². The van der Waals surface area contributed by atoms with Gasteiger partial charge in [-0.2, -0.15) is 0 Å². The van der Waals surface area contributed by atoms with E-state index in [2.05, 4.69) is 5.32 Å². The van der Waals surface area contributed by atoms with E-state index in [4.69, 9.17) is 16.2 Å². The van der Waals surface area contributed by atoms with Gasteiger partial charge in [0.1, 0.15) is 0 Å². The lowest BCUT2D eigenvalue weighted by atomic mass is 9.83. The van der Waals surface area contributed by atoms with Gasteiger partial charge in [-0.05, 0) is 47.9 Å². The molecule has 1 saturated heterocycles. The van der Waals surface area contributed by atoms with E-state index in [1.54, 1.807) is 0 Å². The molecular weight excluding hydrogens is 536 g/mol. The predicted octanol–water partition coefficient (Wildman–Crippen LogP) is 0.405. The van der Waals surface area contributed by atoms with Crippen LogP contribution in [0.2, 0.25) is 0 Å². The molecule has 13 heteroatoms. The number of phenols is 1. The highest BCUT2D eigenvalue weighted by Gasteiger charge is 2.50. The summed E-state index contributed by atoms with van der Waals surface area (Å²) in [5.74, 6) is -4.75. The normalized spacial score (nSPS) is 19.0. The molecule has 0 radical (unpaired) electrons. The molecule has 1 fully saturated rings. The Balaban J connectivity index is 1.51. The number of benzene rings is 2. The molecule has 1 aliphatic heterocycles. The Morgan fingerprint density at radius 2 is 1.68 bits per heavy atom. The Labute approximate surface area is 234 Å². The Hall–Kier alpha value is -4.65. The van der Waals surface area contributed by atoms with Crippen LogP contribution < -0.4 is 16.8 Å². The third kappa shape index (κ3) is 7.11. The zero-order valence-electron chi connectivity index (χ0n) is 22.0. The molecule has 4 rings (SSSR count). The topological polar surface area (TPSA) is 225 Å². The van der Waals surface area contributed by atoms with E-state index in [9.17, 15) is 39.2 Å². The van der Waals surface area contributed by atoms with E-state index < -0.39 is 69.8 Å². The molecule has 4 atom stereocenters. The number of nitrogens with two attached hydrogens (primary N) is 2. The van der Waals surface area contributed by atoms with Crippen molar-refractivity contribution >= 4 is 35.0 Å². The van der Waals surface area contributed by atoms with Crippen molar-refractivity contribution in [3.63, 3.8) is 0 Å². The molecule has 1 unspecified atom stereocenters. The number of rotatable bonds is 14. The number of hydrogen-bond donors (Lipinski definition) is 4. The van der Waals surface area contributed by atoms with Gasteiger partial charge in [0.2, 0.25) is 11.8 Å². The minimum atomic E-state index is -1.25. The maximum atomic E-state index is 13.6. The molecule has 1 aliphatic carbocycles. The highest BCUT2D eigenvalue weighted by molar-refractivity contribution is 5.99. The monoisotopic (exact) mass is 566 g/mol. The molecule has 0 aromatic heterocycles. The van der Waals surface area contributed by atoms with Crippen molar-refractivity contribution in [1.29, 1.82) is 0 Å². The Kier molecular flexibility index (Phi) is 8.77. The molecule has 2 aliphatic rings. The Morgan fingerprint density at radius 3 is 2.27 bits per heavy atom. The molecule has 41 heavy (non-hydrogen) atoms. The summed E-state index contributed by atoms with van der Waals surface area (Å²) < 4.78 is 5.18. The van der Waals surface area contributed by atoms with Crippen LogP contribution in [0.15, 0.2) is 42.5 Å². The molecule has 0 bridgehead atoms. The fourth-order valence-electron chi connectivity index (χ4n) is 5.26. The number of nitro benzene ring substituents is 1. The fourth-order valence-corrected chi connectivity index (χ4v) is 5.26. The number of nitrogens with zero attached hydrogens (tertiary/aromatic N) is 1. The fraction of sp³-hybridized carbons (Fsp3) is 0.393. The van der Waals surface area contributed by atoms with E-state index in [1.165, 1.54) is 6.07 Å². The minimum absolute atomic E-state index is 0.199. The SMILES string of the molecule is NC(=O)CCC(=O)[C@H]1OC1C(=O)N[C@H](Cc1ccc(O)c([N+](=O)[O-])c1)C(=O)C[C@@H](C(N)=O)C1Cc2ccccc2C1. The van der Waals surface area contributed by atoms with Gasteiger partial charge in [-0.15, -0.1) is 0 Å². The number of ether oxygens (including phenoxy) is 1. The molecule has 0 saturated carbocycles. The second kappa shape index (κ2) is 12.3. The first kappa shape index (κ1) is 29.3. The summed E-state index contributed by atoms with van der Waals surface area (Å²) in [7, 11) is 0.